The van der Waals surface area contributed by atoms with Gasteiger partial charge in [0.05, 0.1) is 5.69 Å². The van der Waals surface area contributed by atoms with Gasteiger partial charge in [0.15, 0.2) is 5.13 Å². The number of nitrogens with two attached hydrogens (primary N) is 1. The normalized spacial score (nSPS) is 10.8. The molecule has 1 heterocycles. The highest BCUT2D eigenvalue weighted by molar-refractivity contribution is 7.15. The van der Waals surface area contributed by atoms with E-state index in [0.29, 0.717) is 11.6 Å². The predicted molar refractivity (Wildman–Crippen MR) is 69.8 cm³/mol. The molecule has 0 unspecified atom stereocenters. The zero-order valence-electron chi connectivity index (χ0n) is 9.96. The molecule has 1 aromatic heterocycles. The van der Waals surface area contributed by atoms with E-state index in [0.717, 1.165) is 28.1 Å². The summed E-state index contributed by atoms with van der Waals surface area (Å²) in [7, 11) is 0. The summed E-state index contributed by atoms with van der Waals surface area (Å²) < 4.78 is 13.7. The van der Waals surface area contributed by atoms with Gasteiger partial charge >= 0.3 is 0 Å². The van der Waals surface area contributed by atoms with Gasteiger partial charge in [-0.3, -0.25) is 0 Å². The molecule has 0 saturated heterocycles. The number of nitrogens with zero attached hydrogens (tertiary/aromatic N) is 1. The first-order valence-corrected chi connectivity index (χ1v) is 6.41. The van der Waals surface area contributed by atoms with Gasteiger partial charge in [-0.15, -0.1) is 11.3 Å². The van der Waals surface area contributed by atoms with Gasteiger partial charge in [0.1, 0.15) is 5.82 Å². The Morgan fingerprint density at radius 1 is 1.41 bits per heavy atom. The molecule has 0 aliphatic heterocycles. The smallest absolute Gasteiger partial charge is 0.180 e. The van der Waals surface area contributed by atoms with E-state index in [1.807, 2.05) is 19.9 Å². The highest BCUT2D eigenvalue weighted by Gasteiger charge is 2.12. The zero-order valence-corrected chi connectivity index (χ0v) is 10.8. The quantitative estimate of drug-likeness (QED) is 0.907. The summed E-state index contributed by atoms with van der Waals surface area (Å²) in [5, 5.41) is 0.561. The Labute approximate surface area is 104 Å². The summed E-state index contributed by atoms with van der Waals surface area (Å²) in [6.07, 6.45) is 1.41. The van der Waals surface area contributed by atoms with Gasteiger partial charge in [0.25, 0.3) is 0 Å². The molecule has 1 aromatic carbocycles. The van der Waals surface area contributed by atoms with Crippen LogP contribution < -0.4 is 5.73 Å². The number of rotatable bonds is 3. The third kappa shape index (κ3) is 2.47. The number of anilines is 1. The molecule has 0 spiro atoms. The average molecular weight is 250 g/mol. The third-order valence-electron chi connectivity index (χ3n) is 2.82. The Morgan fingerprint density at radius 3 is 2.82 bits per heavy atom. The first kappa shape index (κ1) is 12.0. The molecule has 2 rings (SSSR count). The first-order valence-electron chi connectivity index (χ1n) is 5.59. The number of hydrogen-bond donors (Lipinski definition) is 1. The minimum absolute atomic E-state index is 0.154. The fourth-order valence-corrected chi connectivity index (χ4v) is 2.80. The molecular weight excluding hydrogens is 235 g/mol. The van der Waals surface area contributed by atoms with Crippen molar-refractivity contribution in [3.63, 3.8) is 0 Å². The molecule has 0 bridgehead atoms. The molecule has 2 N–H and O–H groups in total. The molecule has 0 saturated carbocycles. The van der Waals surface area contributed by atoms with E-state index in [2.05, 4.69) is 4.98 Å². The van der Waals surface area contributed by atoms with E-state index in [1.165, 1.54) is 17.4 Å². The number of benzene rings is 1. The van der Waals surface area contributed by atoms with Crippen molar-refractivity contribution in [1.82, 2.24) is 4.98 Å². The van der Waals surface area contributed by atoms with Gasteiger partial charge in [0.2, 0.25) is 0 Å². The monoisotopic (exact) mass is 250 g/mol. The Hall–Kier alpha value is -1.42. The predicted octanol–water partition coefficient (Wildman–Crippen LogP) is 3.33. The molecule has 0 atom stereocenters. The molecule has 2 nitrogen and oxygen atoms in total. The maximum atomic E-state index is 13.7. The van der Waals surface area contributed by atoms with Crippen LogP contribution in [-0.2, 0) is 12.8 Å². The van der Waals surface area contributed by atoms with Crippen molar-refractivity contribution in [2.75, 3.05) is 5.73 Å². The lowest BCUT2D eigenvalue weighted by Gasteiger charge is -2.06. The summed E-state index contributed by atoms with van der Waals surface area (Å²) in [5.74, 6) is -0.154. The lowest BCUT2D eigenvalue weighted by atomic mass is 10.0. The number of thiazole rings is 1. The standard InChI is InChI=1S/C13H15FN2S/c1-3-11-12(17-13(15)16-11)7-9-8(2)5-4-6-10(9)14/h4-6H,3,7H2,1-2H3,(H2,15,16). The first-order chi connectivity index (χ1) is 8.11. The maximum Gasteiger partial charge on any atom is 0.180 e. The van der Waals surface area contributed by atoms with Crippen molar-refractivity contribution in [3.8, 4) is 0 Å². The van der Waals surface area contributed by atoms with Crippen LogP contribution in [-0.4, -0.2) is 4.98 Å². The Morgan fingerprint density at radius 2 is 2.18 bits per heavy atom. The largest absolute Gasteiger partial charge is 0.375 e. The minimum atomic E-state index is -0.154. The Bertz CT molecular complexity index is 514. The third-order valence-corrected chi connectivity index (χ3v) is 3.75. The van der Waals surface area contributed by atoms with Gasteiger partial charge in [0, 0.05) is 11.3 Å². The van der Waals surface area contributed by atoms with E-state index in [1.54, 1.807) is 6.07 Å². The zero-order chi connectivity index (χ0) is 12.4. The second-order valence-corrected chi connectivity index (χ2v) is 5.10. The van der Waals surface area contributed by atoms with Crippen LogP contribution in [0.15, 0.2) is 18.2 Å². The Kier molecular flexibility index (Phi) is 3.43. The lowest BCUT2D eigenvalue weighted by Crippen LogP contribution is -1.97. The molecular formula is C13H15FN2S. The van der Waals surface area contributed by atoms with Crippen molar-refractivity contribution in [2.45, 2.75) is 26.7 Å². The summed E-state index contributed by atoms with van der Waals surface area (Å²) in [5.41, 5.74) is 8.39. The van der Waals surface area contributed by atoms with Gasteiger partial charge in [-0.25, -0.2) is 9.37 Å². The molecule has 0 fully saturated rings. The molecule has 0 aliphatic rings. The molecule has 0 aliphatic carbocycles. The van der Waals surface area contributed by atoms with E-state index in [9.17, 15) is 4.39 Å². The van der Waals surface area contributed by atoms with Crippen LogP contribution in [0.25, 0.3) is 0 Å². The van der Waals surface area contributed by atoms with Gasteiger partial charge in [-0.05, 0) is 30.5 Å². The lowest BCUT2D eigenvalue weighted by molar-refractivity contribution is 0.612. The minimum Gasteiger partial charge on any atom is -0.375 e. The van der Waals surface area contributed by atoms with Crippen LogP contribution in [0.5, 0.6) is 0 Å². The van der Waals surface area contributed by atoms with Crippen molar-refractivity contribution in [1.29, 1.82) is 0 Å². The number of aromatic nitrogens is 1. The summed E-state index contributed by atoms with van der Waals surface area (Å²) in [6.45, 7) is 3.96. The fraction of sp³-hybridized carbons (Fsp3) is 0.308. The van der Waals surface area contributed by atoms with Crippen molar-refractivity contribution in [3.05, 3.63) is 45.7 Å². The highest BCUT2D eigenvalue weighted by atomic mass is 32.1. The van der Waals surface area contributed by atoms with Crippen LogP contribution in [0, 0.1) is 12.7 Å². The van der Waals surface area contributed by atoms with E-state index >= 15 is 0 Å². The van der Waals surface area contributed by atoms with Crippen LogP contribution in [0.3, 0.4) is 0 Å². The molecule has 0 amide bonds. The highest BCUT2D eigenvalue weighted by Crippen LogP contribution is 2.26. The second kappa shape index (κ2) is 4.84. The summed E-state index contributed by atoms with van der Waals surface area (Å²) in [6, 6.07) is 5.16. The molecule has 90 valence electrons. The summed E-state index contributed by atoms with van der Waals surface area (Å²) in [4.78, 5) is 5.33. The van der Waals surface area contributed by atoms with Crippen LogP contribution in [0.4, 0.5) is 9.52 Å². The fourth-order valence-electron chi connectivity index (χ4n) is 1.87. The number of hydrogen-bond acceptors (Lipinski definition) is 3. The average Bonchev–Trinajstić information content (AvgIpc) is 2.64. The molecule has 0 radical (unpaired) electrons. The van der Waals surface area contributed by atoms with E-state index < -0.39 is 0 Å². The van der Waals surface area contributed by atoms with Crippen LogP contribution >= 0.6 is 11.3 Å². The molecule has 4 heteroatoms. The van der Waals surface area contributed by atoms with Gasteiger partial charge in [-0.1, -0.05) is 19.1 Å². The van der Waals surface area contributed by atoms with Crippen LogP contribution in [0.2, 0.25) is 0 Å². The van der Waals surface area contributed by atoms with Crippen molar-refractivity contribution >= 4 is 16.5 Å². The topological polar surface area (TPSA) is 38.9 Å². The van der Waals surface area contributed by atoms with Crippen LogP contribution in [0.1, 0.15) is 28.6 Å². The molecule has 2 aromatic rings. The maximum absolute atomic E-state index is 13.7. The SMILES string of the molecule is CCc1nc(N)sc1Cc1c(C)cccc1F. The summed E-state index contributed by atoms with van der Waals surface area (Å²) >= 11 is 1.45. The second-order valence-electron chi connectivity index (χ2n) is 3.99. The number of aryl methyl sites for hydroxylation is 2. The number of halogens is 1. The Balaban J connectivity index is 2.37. The molecule has 17 heavy (non-hydrogen) atoms. The number of nitrogen functional groups attached to an aromatic ring is 1. The van der Waals surface area contributed by atoms with Crippen molar-refractivity contribution in [2.24, 2.45) is 0 Å². The van der Waals surface area contributed by atoms with Gasteiger partial charge < -0.3 is 5.73 Å². The van der Waals surface area contributed by atoms with Crippen molar-refractivity contribution < 1.29 is 4.39 Å². The van der Waals surface area contributed by atoms with E-state index in [4.69, 9.17) is 5.73 Å². The van der Waals surface area contributed by atoms with Gasteiger partial charge in [-0.2, -0.15) is 0 Å². The van der Waals surface area contributed by atoms with E-state index in [-0.39, 0.29) is 5.82 Å².